The summed E-state index contributed by atoms with van der Waals surface area (Å²) < 4.78 is 2.15. The number of benzene rings is 1. The number of hydrogen-bond acceptors (Lipinski definition) is 3. The molecule has 2 rings (SSSR count). The summed E-state index contributed by atoms with van der Waals surface area (Å²) in [7, 11) is 2.07. The van der Waals surface area contributed by atoms with E-state index in [0.29, 0.717) is 0 Å². The van der Waals surface area contributed by atoms with E-state index in [9.17, 15) is 0 Å². The molecule has 2 N–H and O–H groups in total. The first-order valence-corrected chi connectivity index (χ1v) is 7.61. The molecule has 4 heteroatoms. The van der Waals surface area contributed by atoms with Crippen LogP contribution in [0, 0.1) is 0 Å². The smallest absolute Gasteiger partial charge is 0.111 e. The molecule has 1 aromatic heterocycles. The largest absolute Gasteiger partial charge is 0.331 e. The summed E-state index contributed by atoms with van der Waals surface area (Å²) in [4.78, 5) is 4.65. The van der Waals surface area contributed by atoms with E-state index in [2.05, 4.69) is 35.7 Å². The van der Waals surface area contributed by atoms with E-state index in [1.54, 1.807) is 0 Å². The van der Waals surface area contributed by atoms with Gasteiger partial charge in [-0.1, -0.05) is 19.1 Å². The maximum atomic E-state index is 6.16. The average molecular weight is 263 g/mol. The fraction of sp³-hybridized carbons (Fsp3) is 0.500. The maximum Gasteiger partial charge on any atom is 0.111 e. The molecular formula is C14H21N3S. The zero-order valence-corrected chi connectivity index (χ0v) is 11.9. The zero-order chi connectivity index (χ0) is 13.0. The first-order chi connectivity index (χ1) is 8.72. The van der Waals surface area contributed by atoms with Crippen LogP contribution in [0.25, 0.3) is 11.0 Å². The molecule has 1 atom stereocenters. The molecule has 98 valence electrons. The predicted molar refractivity (Wildman–Crippen MR) is 80.0 cm³/mol. The van der Waals surface area contributed by atoms with E-state index < -0.39 is 0 Å². The van der Waals surface area contributed by atoms with Gasteiger partial charge in [-0.25, -0.2) is 4.98 Å². The van der Waals surface area contributed by atoms with Gasteiger partial charge in [0.1, 0.15) is 5.82 Å². The molecule has 0 radical (unpaired) electrons. The van der Waals surface area contributed by atoms with Crippen LogP contribution in [0.1, 0.15) is 19.2 Å². The van der Waals surface area contributed by atoms with Crippen molar-refractivity contribution in [3.05, 3.63) is 30.1 Å². The highest BCUT2D eigenvalue weighted by atomic mass is 32.2. The number of nitrogens with zero attached hydrogens (tertiary/aromatic N) is 2. The number of rotatable bonds is 6. The second-order valence-electron chi connectivity index (χ2n) is 4.61. The van der Waals surface area contributed by atoms with Gasteiger partial charge < -0.3 is 10.3 Å². The third-order valence-corrected chi connectivity index (χ3v) is 4.37. The van der Waals surface area contributed by atoms with Crippen molar-refractivity contribution < 1.29 is 0 Å². The fourth-order valence-corrected chi connectivity index (χ4v) is 2.93. The minimum Gasteiger partial charge on any atom is -0.331 e. The molecule has 0 spiro atoms. The van der Waals surface area contributed by atoms with Crippen LogP contribution in [0.3, 0.4) is 0 Å². The lowest BCUT2D eigenvalue weighted by Crippen LogP contribution is -2.27. The quantitative estimate of drug-likeness (QED) is 0.815. The Hall–Kier alpha value is -1.00. The third kappa shape index (κ3) is 3.06. The standard InChI is InChI=1S/C14H21N3S/c1-3-8-18-10-11(15)9-14-16-12-6-4-5-7-13(12)17(14)2/h4-7,11H,3,8-10,15H2,1-2H3. The van der Waals surface area contributed by atoms with Gasteiger partial charge in [-0.3, -0.25) is 0 Å². The van der Waals surface area contributed by atoms with Crippen molar-refractivity contribution >= 4 is 22.8 Å². The van der Waals surface area contributed by atoms with E-state index in [4.69, 9.17) is 5.73 Å². The van der Waals surface area contributed by atoms with Gasteiger partial charge in [0.25, 0.3) is 0 Å². The molecule has 0 aliphatic carbocycles. The average Bonchev–Trinajstić information content (AvgIpc) is 2.67. The Labute approximate surface area is 113 Å². The third-order valence-electron chi connectivity index (χ3n) is 3.00. The highest BCUT2D eigenvalue weighted by Crippen LogP contribution is 2.16. The minimum absolute atomic E-state index is 0.192. The van der Waals surface area contributed by atoms with Crippen molar-refractivity contribution in [1.82, 2.24) is 9.55 Å². The van der Waals surface area contributed by atoms with E-state index >= 15 is 0 Å². The number of nitrogens with two attached hydrogens (primary N) is 1. The van der Waals surface area contributed by atoms with Crippen LogP contribution in [-0.4, -0.2) is 27.1 Å². The van der Waals surface area contributed by atoms with E-state index in [1.165, 1.54) is 17.7 Å². The van der Waals surface area contributed by atoms with Crippen LogP contribution < -0.4 is 5.73 Å². The van der Waals surface area contributed by atoms with Gasteiger partial charge in [0, 0.05) is 25.3 Å². The second-order valence-corrected chi connectivity index (χ2v) is 5.76. The van der Waals surface area contributed by atoms with Crippen LogP contribution in [0.15, 0.2) is 24.3 Å². The molecule has 3 nitrogen and oxygen atoms in total. The van der Waals surface area contributed by atoms with Crippen molar-refractivity contribution in [2.24, 2.45) is 12.8 Å². The van der Waals surface area contributed by atoms with E-state index in [-0.39, 0.29) is 6.04 Å². The van der Waals surface area contributed by atoms with E-state index in [0.717, 1.165) is 23.5 Å². The Kier molecular flexibility index (Phi) is 4.66. The summed E-state index contributed by atoms with van der Waals surface area (Å²) in [6, 6.07) is 8.41. The lowest BCUT2D eigenvalue weighted by atomic mass is 10.2. The Morgan fingerprint density at radius 1 is 1.39 bits per heavy atom. The summed E-state index contributed by atoms with van der Waals surface area (Å²) in [5.41, 5.74) is 8.40. The SMILES string of the molecule is CCCSCC(N)Cc1nc2ccccc2n1C. The second kappa shape index (κ2) is 6.25. The lowest BCUT2D eigenvalue weighted by molar-refractivity contribution is 0.685. The van der Waals surface area contributed by atoms with Gasteiger partial charge in [0.05, 0.1) is 11.0 Å². The van der Waals surface area contributed by atoms with Crippen LogP contribution in [0.2, 0.25) is 0 Å². The molecule has 0 amide bonds. The Morgan fingerprint density at radius 2 is 2.17 bits per heavy atom. The number of aryl methyl sites for hydroxylation is 1. The van der Waals surface area contributed by atoms with Gasteiger partial charge in [-0.2, -0.15) is 11.8 Å². The number of fused-ring (bicyclic) bond motifs is 1. The first-order valence-electron chi connectivity index (χ1n) is 6.46. The highest BCUT2D eigenvalue weighted by Gasteiger charge is 2.11. The molecular weight excluding hydrogens is 242 g/mol. The Bertz CT molecular complexity index is 507. The molecule has 0 saturated carbocycles. The molecule has 1 unspecified atom stereocenters. The van der Waals surface area contributed by atoms with Crippen molar-refractivity contribution in [2.45, 2.75) is 25.8 Å². The van der Waals surface area contributed by atoms with Crippen LogP contribution in [-0.2, 0) is 13.5 Å². The van der Waals surface area contributed by atoms with Gasteiger partial charge in [-0.15, -0.1) is 0 Å². The molecule has 0 fully saturated rings. The predicted octanol–water partition coefficient (Wildman–Crippen LogP) is 2.59. The topological polar surface area (TPSA) is 43.8 Å². The van der Waals surface area contributed by atoms with Crippen LogP contribution in [0.4, 0.5) is 0 Å². The molecule has 2 aromatic rings. The number of para-hydroxylation sites is 2. The van der Waals surface area contributed by atoms with Gasteiger partial charge in [-0.05, 0) is 24.3 Å². The summed E-state index contributed by atoms with van der Waals surface area (Å²) in [5, 5.41) is 0. The monoisotopic (exact) mass is 263 g/mol. The number of thioether (sulfide) groups is 1. The molecule has 0 aliphatic heterocycles. The molecule has 0 aliphatic rings. The molecule has 18 heavy (non-hydrogen) atoms. The Morgan fingerprint density at radius 3 is 2.89 bits per heavy atom. The number of aromatic nitrogens is 2. The fourth-order valence-electron chi connectivity index (χ4n) is 2.05. The van der Waals surface area contributed by atoms with Crippen LogP contribution >= 0.6 is 11.8 Å². The maximum absolute atomic E-state index is 6.16. The van der Waals surface area contributed by atoms with Gasteiger partial charge in [0.2, 0.25) is 0 Å². The Balaban J connectivity index is 2.05. The normalized spacial score (nSPS) is 13.1. The zero-order valence-electron chi connectivity index (χ0n) is 11.1. The van der Waals surface area contributed by atoms with Gasteiger partial charge in [0.15, 0.2) is 0 Å². The summed E-state index contributed by atoms with van der Waals surface area (Å²) in [5.74, 6) is 3.29. The summed E-state index contributed by atoms with van der Waals surface area (Å²) in [6.45, 7) is 2.20. The number of imidazole rings is 1. The molecule has 1 aromatic carbocycles. The van der Waals surface area contributed by atoms with Crippen LogP contribution in [0.5, 0.6) is 0 Å². The van der Waals surface area contributed by atoms with Gasteiger partial charge >= 0.3 is 0 Å². The summed E-state index contributed by atoms with van der Waals surface area (Å²) >= 11 is 1.93. The van der Waals surface area contributed by atoms with Crippen molar-refractivity contribution in [3.8, 4) is 0 Å². The molecule has 0 bridgehead atoms. The summed E-state index contributed by atoms with van der Waals surface area (Å²) in [6.07, 6.45) is 2.06. The van der Waals surface area contributed by atoms with Crippen molar-refractivity contribution in [1.29, 1.82) is 0 Å². The molecule has 0 saturated heterocycles. The number of hydrogen-bond donors (Lipinski definition) is 1. The van der Waals surface area contributed by atoms with E-state index in [1.807, 2.05) is 23.9 Å². The highest BCUT2D eigenvalue weighted by molar-refractivity contribution is 7.99. The minimum atomic E-state index is 0.192. The lowest BCUT2D eigenvalue weighted by Gasteiger charge is -2.10. The first kappa shape index (κ1) is 13.4. The van der Waals surface area contributed by atoms with Crippen molar-refractivity contribution in [3.63, 3.8) is 0 Å². The van der Waals surface area contributed by atoms with Crippen molar-refractivity contribution in [2.75, 3.05) is 11.5 Å². The molecule has 1 heterocycles.